The Morgan fingerprint density at radius 2 is 1.70 bits per heavy atom. The Bertz CT molecular complexity index is 1830. The summed E-state index contributed by atoms with van der Waals surface area (Å²) in [5.41, 5.74) is 1.63. The molecule has 0 saturated carbocycles. The molecular weight excluding hydrogens is 570 g/mol. The van der Waals surface area contributed by atoms with Crippen molar-refractivity contribution in [3.05, 3.63) is 90.1 Å². The van der Waals surface area contributed by atoms with Crippen LogP contribution in [0, 0.1) is 11.6 Å². The molecule has 12 heteroatoms. The maximum absolute atomic E-state index is 15.0. The van der Waals surface area contributed by atoms with Gasteiger partial charge in [-0.25, -0.2) is 38.1 Å². The summed E-state index contributed by atoms with van der Waals surface area (Å²) in [6.45, 7) is 5.68. The molecule has 0 atom stereocenters. The molecule has 226 valence electrons. The third-order valence-corrected chi connectivity index (χ3v) is 6.51. The predicted molar refractivity (Wildman–Crippen MR) is 159 cm³/mol. The highest BCUT2D eigenvalue weighted by atomic mass is 19.1. The van der Waals surface area contributed by atoms with E-state index in [9.17, 15) is 14.0 Å². The summed E-state index contributed by atoms with van der Waals surface area (Å²) in [4.78, 5) is 43.0. The maximum Gasteiger partial charge on any atom is 0.419 e. The number of nitrogens with zero attached hydrogens (tertiary/aromatic N) is 5. The fourth-order valence-corrected chi connectivity index (χ4v) is 4.45. The van der Waals surface area contributed by atoms with Gasteiger partial charge in [-0.2, -0.15) is 0 Å². The Morgan fingerprint density at radius 3 is 2.43 bits per heavy atom. The molecule has 0 unspecified atom stereocenters. The second kappa shape index (κ2) is 12.5. The monoisotopic (exact) mass is 600 g/mol. The van der Waals surface area contributed by atoms with Crippen LogP contribution in [0.25, 0.3) is 33.5 Å². The number of methoxy groups -OCH3 is 1. The van der Waals surface area contributed by atoms with E-state index in [-0.39, 0.29) is 23.0 Å². The van der Waals surface area contributed by atoms with E-state index in [0.29, 0.717) is 53.1 Å². The third-order valence-electron chi connectivity index (χ3n) is 6.51. The van der Waals surface area contributed by atoms with Gasteiger partial charge in [-0.3, -0.25) is 4.79 Å². The summed E-state index contributed by atoms with van der Waals surface area (Å²) >= 11 is 0. The number of benzene rings is 2. The first-order valence-corrected chi connectivity index (χ1v) is 13.8. The molecule has 0 aliphatic rings. The van der Waals surface area contributed by atoms with Crippen molar-refractivity contribution in [3.63, 3.8) is 0 Å². The van der Waals surface area contributed by atoms with E-state index in [1.54, 1.807) is 45.2 Å². The number of hydrogen-bond acceptors (Lipinski definition) is 8. The first-order valence-electron chi connectivity index (χ1n) is 13.8. The van der Waals surface area contributed by atoms with Crippen molar-refractivity contribution in [1.82, 2.24) is 29.8 Å². The number of imidazole rings is 1. The SMILES string of the molecule is COc1cc(-c2nc3cc(C(=O)NCCCc4nccn4C(=O)OC(C)(C)C)ccc3nc2-c2ccc(F)cc2)c(F)cn1. The summed E-state index contributed by atoms with van der Waals surface area (Å²) in [6, 6.07) is 11.9. The number of fused-ring (bicyclic) bond motifs is 1. The predicted octanol–water partition coefficient (Wildman–Crippen LogP) is 5.99. The zero-order valence-corrected chi connectivity index (χ0v) is 24.6. The molecule has 1 amide bonds. The second-order valence-electron chi connectivity index (χ2n) is 10.9. The highest BCUT2D eigenvalue weighted by Gasteiger charge is 2.21. The number of aryl methyl sites for hydroxylation is 1. The van der Waals surface area contributed by atoms with E-state index in [1.165, 1.54) is 48.2 Å². The number of ether oxygens (including phenoxy) is 2. The Morgan fingerprint density at radius 1 is 0.955 bits per heavy atom. The molecule has 0 aliphatic heterocycles. The first-order chi connectivity index (χ1) is 21.0. The lowest BCUT2D eigenvalue weighted by atomic mass is 10.0. The van der Waals surface area contributed by atoms with Gasteiger partial charge in [-0.15, -0.1) is 0 Å². The van der Waals surface area contributed by atoms with Crippen molar-refractivity contribution in [3.8, 4) is 28.4 Å². The number of hydrogen-bond donors (Lipinski definition) is 1. The average Bonchev–Trinajstić information content (AvgIpc) is 3.47. The number of amides is 1. The van der Waals surface area contributed by atoms with Gasteiger partial charge in [0.15, 0.2) is 5.82 Å². The third kappa shape index (κ3) is 6.86. The van der Waals surface area contributed by atoms with Crippen LogP contribution in [0.15, 0.2) is 67.1 Å². The molecule has 5 rings (SSSR count). The molecular formula is C32H30F2N6O4. The minimum Gasteiger partial charge on any atom is -0.481 e. The molecule has 0 bridgehead atoms. The minimum absolute atomic E-state index is 0.0881. The van der Waals surface area contributed by atoms with Crippen LogP contribution in [0.3, 0.4) is 0 Å². The van der Waals surface area contributed by atoms with Crippen LogP contribution in [0.1, 0.15) is 43.4 Å². The lowest BCUT2D eigenvalue weighted by molar-refractivity contribution is 0.0531. The van der Waals surface area contributed by atoms with E-state index >= 15 is 4.39 Å². The van der Waals surface area contributed by atoms with Crippen LogP contribution in [-0.4, -0.2) is 55.8 Å². The fraction of sp³-hybridized carbons (Fsp3) is 0.250. The number of carbonyl (C=O) groups excluding carboxylic acids is 2. The van der Waals surface area contributed by atoms with Crippen molar-refractivity contribution >= 4 is 23.0 Å². The van der Waals surface area contributed by atoms with Crippen LogP contribution in [0.4, 0.5) is 13.6 Å². The number of carbonyl (C=O) groups is 2. The molecule has 3 heterocycles. The number of rotatable bonds is 8. The molecule has 0 spiro atoms. The fourth-order valence-electron chi connectivity index (χ4n) is 4.45. The Labute approximate surface area is 252 Å². The van der Waals surface area contributed by atoms with Gasteiger partial charge in [0.25, 0.3) is 5.91 Å². The van der Waals surface area contributed by atoms with Gasteiger partial charge in [0.1, 0.15) is 22.9 Å². The number of aromatic nitrogens is 5. The zero-order chi connectivity index (χ0) is 31.4. The van der Waals surface area contributed by atoms with Gasteiger partial charge < -0.3 is 14.8 Å². The highest BCUT2D eigenvalue weighted by molar-refractivity contribution is 5.98. The maximum atomic E-state index is 15.0. The summed E-state index contributed by atoms with van der Waals surface area (Å²) < 4.78 is 40.6. The molecule has 2 aromatic carbocycles. The Hall–Kier alpha value is -5.26. The Balaban J connectivity index is 1.36. The molecule has 0 radical (unpaired) electrons. The molecule has 10 nitrogen and oxygen atoms in total. The van der Waals surface area contributed by atoms with Crippen LogP contribution in [-0.2, 0) is 11.2 Å². The van der Waals surface area contributed by atoms with Crippen molar-refractivity contribution < 1.29 is 27.8 Å². The average molecular weight is 601 g/mol. The van der Waals surface area contributed by atoms with Crippen LogP contribution >= 0.6 is 0 Å². The van der Waals surface area contributed by atoms with Crippen molar-refractivity contribution in [2.24, 2.45) is 0 Å². The molecule has 5 aromatic rings. The number of nitrogens with one attached hydrogen (secondary N) is 1. The van der Waals surface area contributed by atoms with Gasteiger partial charge >= 0.3 is 6.09 Å². The molecule has 1 N–H and O–H groups in total. The molecule has 0 saturated heterocycles. The van der Waals surface area contributed by atoms with E-state index in [2.05, 4.69) is 15.3 Å². The number of pyridine rings is 1. The lowest BCUT2D eigenvalue weighted by Crippen LogP contribution is -2.28. The molecule has 44 heavy (non-hydrogen) atoms. The first kappa shape index (κ1) is 30.2. The van der Waals surface area contributed by atoms with E-state index < -0.39 is 23.3 Å². The van der Waals surface area contributed by atoms with E-state index in [4.69, 9.17) is 19.4 Å². The van der Waals surface area contributed by atoms with Gasteiger partial charge in [0.2, 0.25) is 5.88 Å². The normalized spacial score (nSPS) is 11.4. The molecule has 0 aliphatic carbocycles. The van der Waals surface area contributed by atoms with E-state index in [0.717, 1.165) is 6.20 Å². The van der Waals surface area contributed by atoms with E-state index in [1.807, 2.05) is 0 Å². The van der Waals surface area contributed by atoms with Gasteiger partial charge in [0, 0.05) is 48.1 Å². The molecule has 0 fully saturated rings. The van der Waals surface area contributed by atoms with Crippen molar-refractivity contribution in [1.29, 1.82) is 0 Å². The largest absolute Gasteiger partial charge is 0.481 e. The number of halogens is 2. The second-order valence-corrected chi connectivity index (χ2v) is 10.9. The quantitative estimate of drug-likeness (QED) is 0.216. The van der Waals surface area contributed by atoms with Crippen LogP contribution in [0.5, 0.6) is 5.88 Å². The lowest BCUT2D eigenvalue weighted by Gasteiger charge is -2.20. The zero-order valence-electron chi connectivity index (χ0n) is 24.6. The summed E-state index contributed by atoms with van der Waals surface area (Å²) in [5, 5.41) is 2.87. The van der Waals surface area contributed by atoms with Crippen molar-refractivity contribution in [2.75, 3.05) is 13.7 Å². The standard InChI is InChI=1S/C32H30F2N6O4/c1-32(2,3)44-31(42)40-15-14-35-26(40)6-5-13-36-30(41)20-9-12-24-25(16-20)39-29(22-17-27(43-4)37-18-23(22)34)28(38-24)19-7-10-21(33)11-8-19/h7-12,14-18H,5-6,13H2,1-4H3,(H,36,41). The summed E-state index contributed by atoms with van der Waals surface area (Å²) in [5.74, 6) is -0.715. The van der Waals surface area contributed by atoms with Gasteiger partial charge in [-0.05, 0) is 69.7 Å². The topological polar surface area (TPSA) is 121 Å². The summed E-state index contributed by atoms with van der Waals surface area (Å²) in [7, 11) is 1.41. The highest BCUT2D eigenvalue weighted by Crippen LogP contribution is 2.34. The molecule has 3 aromatic heterocycles. The van der Waals surface area contributed by atoms with Crippen LogP contribution < -0.4 is 10.1 Å². The van der Waals surface area contributed by atoms with Crippen LogP contribution in [0.2, 0.25) is 0 Å². The summed E-state index contributed by atoms with van der Waals surface area (Å²) in [6.07, 6.45) is 4.54. The van der Waals surface area contributed by atoms with Crippen molar-refractivity contribution in [2.45, 2.75) is 39.2 Å². The minimum atomic E-state index is -0.649. The van der Waals surface area contributed by atoms with Gasteiger partial charge in [-0.1, -0.05) is 0 Å². The van der Waals surface area contributed by atoms with Gasteiger partial charge in [0.05, 0.1) is 30.0 Å². The Kier molecular flexibility index (Phi) is 8.61. The smallest absolute Gasteiger partial charge is 0.419 e.